The summed E-state index contributed by atoms with van der Waals surface area (Å²) in [4.78, 5) is 0. The van der Waals surface area contributed by atoms with Crippen molar-refractivity contribution in [2.24, 2.45) is 0 Å². The highest BCUT2D eigenvalue weighted by Crippen LogP contribution is 1.81. The molecular formula is C7H16N2O. The van der Waals surface area contributed by atoms with Crippen LogP contribution in [0, 0.1) is 5.41 Å². The van der Waals surface area contributed by atoms with E-state index in [4.69, 9.17) is 5.41 Å². The Morgan fingerprint density at radius 3 is 2.80 bits per heavy atom. The Bertz CT molecular complexity index is 93.6. The lowest BCUT2D eigenvalue weighted by molar-refractivity contribution is 0.386. The second-order valence-electron chi connectivity index (χ2n) is 2.16. The smallest absolute Gasteiger partial charge is 0.194 e. The van der Waals surface area contributed by atoms with Crippen LogP contribution in [0.1, 0.15) is 19.8 Å². The first-order valence-electron chi connectivity index (χ1n) is 3.63. The van der Waals surface area contributed by atoms with Gasteiger partial charge in [0.2, 0.25) is 0 Å². The lowest BCUT2D eigenvalue weighted by Crippen LogP contribution is -2.24. The molecule has 3 heteroatoms. The number of ether oxygens (including phenoxy) is 1. The fourth-order valence-corrected chi connectivity index (χ4v) is 0.576. The highest BCUT2D eigenvalue weighted by Gasteiger charge is 1.91. The van der Waals surface area contributed by atoms with Crippen molar-refractivity contribution in [2.75, 3.05) is 20.2 Å². The van der Waals surface area contributed by atoms with Gasteiger partial charge in [-0.3, -0.25) is 5.41 Å². The summed E-state index contributed by atoms with van der Waals surface area (Å²) in [6.45, 7) is 3.67. The maximum atomic E-state index is 7.09. The van der Waals surface area contributed by atoms with Crippen molar-refractivity contribution >= 4 is 5.90 Å². The fourth-order valence-electron chi connectivity index (χ4n) is 0.576. The second-order valence-corrected chi connectivity index (χ2v) is 2.16. The molecule has 0 aromatic heterocycles. The molecule has 0 aromatic rings. The molecule has 0 aliphatic rings. The third-order valence-corrected chi connectivity index (χ3v) is 1.24. The van der Waals surface area contributed by atoms with E-state index in [1.54, 1.807) is 0 Å². The van der Waals surface area contributed by atoms with Gasteiger partial charge in [-0.15, -0.1) is 0 Å². The van der Waals surface area contributed by atoms with Gasteiger partial charge in [-0.05, 0) is 13.0 Å². The number of rotatable bonds is 5. The molecule has 0 rings (SSSR count). The maximum Gasteiger partial charge on any atom is 0.194 e. The molecule has 60 valence electrons. The molecule has 3 nitrogen and oxygen atoms in total. The van der Waals surface area contributed by atoms with Crippen LogP contribution >= 0.6 is 0 Å². The zero-order valence-corrected chi connectivity index (χ0v) is 6.74. The minimum Gasteiger partial charge on any atom is -0.484 e. The summed E-state index contributed by atoms with van der Waals surface area (Å²) >= 11 is 0. The summed E-state index contributed by atoms with van der Waals surface area (Å²) in [6.07, 6.45) is 2.35. The van der Waals surface area contributed by atoms with E-state index in [2.05, 4.69) is 17.0 Å². The lowest BCUT2D eigenvalue weighted by atomic mass is 10.3. The van der Waals surface area contributed by atoms with E-state index in [0.717, 1.165) is 13.0 Å². The van der Waals surface area contributed by atoms with Gasteiger partial charge in [0.1, 0.15) is 0 Å². The van der Waals surface area contributed by atoms with Gasteiger partial charge in [0.15, 0.2) is 5.90 Å². The van der Waals surface area contributed by atoms with Crippen molar-refractivity contribution in [2.45, 2.75) is 19.8 Å². The van der Waals surface area contributed by atoms with E-state index in [1.165, 1.54) is 13.5 Å². The minimum atomic E-state index is 0.302. The summed E-state index contributed by atoms with van der Waals surface area (Å²) in [5.41, 5.74) is 0. The van der Waals surface area contributed by atoms with Crippen LogP contribution in [0.3, 0.4) is 0 Å². The Morgan fingerprint density at radius 2 is 2.30 bits per heavy atom. The normalized spacial score (nSPS) is 9.40. The zero-order chi connectivity index (χ0) is 7.82. The van der Waals surface area contributed by atoms with Gasteiger partial charge in [-0.2, -0.15) is 0 Å². The molecule has 0 amide bonds. The monoisotopic (exact) mass is 144 g/mol. The van der Waals surface area contributed by atoms with E-state index in [9.17, 15) is 0 Å². The maximum absolute atomic E-state index is 7.09. The molecule has 0 radical (unpaired) electrons. The largest absolute Gasteiger partial charge is 0.484 e. The predicted octanol–water partition coefficient (Wildman–Crippen LogP) is 1.000. The summed E-state index contributed by atoms with van der Waals surface area (Å²) in [5.74, 6) is 0.302. The van der Waals surface area contributed by atoms with Crippen LogP contribution in [0.25, 0.3) is 0 Å². The highest BCUT2D eigenvalue weighted by molar-refractivity contribution is 5.74. The minimum absolute atomic E-state index is 0.302. The Morgan fingerprint density at radius 1 is 1.60 bits per heavy atom. The van der Waals surface area contributed by atoms with E-state index in [-0.39, 0.29) is 0 Å². The number of methoxy groups -OCH3 is 1. The first-order chi connectivity index (χ1) is 4.81. The molecule has 10 heavy (non-hydrogen) atoms. The van der Waals surface area contributed by atoms with Crippen LogP contribution in [0.15, 0.2) is 0 Å². The molecule has 0 aromatic carbocycles. The Hall–Kier alpha value is -0.570. The van der Waals surface area contributed by atoms with Crippen molar-refractivity contribution in [1.29, 1.82) is 5.41 Å². The average molecular weight is 144 g/mol. The highest BCUT2D eigenvalue weighted by atomic mass is 16.5. The van der Waals surface area contributed by atoms with Gasteiger partial charge in [-0.25, -0.2) is 0 Å². The van der Waals surface area contributed by atoms with Gasteiger partial charge in [-0.1, -0.05) is 13.3 Å². The number of hydrogen-bond donors (Lipinski definition) is 2. The van der Waals surface area contributed by atoms with Crippen LogP contribution in [0.5, 0.6) is 0 Å². The van der Waals surface area contributed by atoms with Crippen molar-refractivity contribution < 1.29 is 4.74 Å². The van der Waals surface area contributed by atoms with Crippen LogP contribution < -0.4 is 5.32 Å². The number of hydrogen-bond acceptors (Lipinski definition) is 3. The molecular weight excluding hydrogens is 128 g/mol. The zero-order valence-electron chi connectivity index (χ0n) is 6.74. The van der Waals surface area contributed by atoms with E-state index in [0.29, 0.717) is 12.4 Å². The number of nitrogens with one attached hydrogen (secondary N) is 2. The second kappa shape index (κ2) is 6.55. The van der Waals surface area contributed by atoms with Gasteiger partial charge in [0.25, 0.3) is 0 Å². The quantitative estimate of drug-likeness (QED) is 0.343. The van der Waals surface area contributed by atoms with E-state index < -0.39 is 0 Å². The summed E-state index contributed by atoms with van der Waals surface area (Å²) in [7, 11) is 1.52. The van der Waals surface area contributed by atoms with Crippen LogP contribution in [0.4, 0.5) is 0 Å². The van der Waals surface area contributed by atoms with Gasteiger partial charge >= 0.3 is 0 Å². The van der Waals surface area contributed by atoms with Crippen LogP contribution in [-0.2, 0) is 4.74 Å². The Labute approximate surface area is 62.3 Å². The van der Waals surface area contributed by atoms with Crippen LogP contribution in [0.2, 0.25) is 0 Å². The van der Waals surface area contributed by atoms with E-state index >= 15 is 0 Å². The summed E-state index contributed by atoms with van der Waals surface area (Å²) in [6, 6.07) is 0. The van der Waals surface area contributed by atoms with Crippen molar-refractivity contribution in [1.82, 2.24) is 5.32 Å². The van der Waals surface area contributed by atoms with Gasteiger partial charge in [0.05, 0.1) is 13.7 Å². The predicted molar refractivity (Wildman–Crippen MR) is 42.5 cm³/mol. The average Bonchev–Trinajstić information content (AvgIpc) is 1.98. The van der Waals surface area contributed by atoms with Gasteiger partial charge in [0, 0.05) is 0 Å². The van der Waals surface area contributed by atoms with Gasteiger partial charge < -0.3 is 10.1 Å². The molecule has 2 N–H and O–H groups in total. The molecule has 0 bridgehead atoms. The Balaban J connectivity index is 2.96. The standard InChI is InChI=1S/C7H16N2O/c1-3-4-5-9-6-7(8)10-2/h8-9H,3-6H2,1-2H3. The molecule has 0 fully saturated rings. The third kappa shape index (κ3) is 5.56. The molecule has 0 heterocycles. The third-order valence-electron chi connectivity index (χ3n) is 1.24. The summed E-state index contributed by atoms with van der Waals surface area (Å²) in [5, 5.41) is 10.2. The van der Waals surface area contributed by atoms with Crippen molar-refractivity contribution in [3.63, 3.8) is 0 Å². The van der Waals surface area contributed by atoms with Crippen LogP contribution in [-0.4, -0.2) is 26.1 Å². The first-order valence-corrected chi connectivity index (χ1v) is 3.63. The lowest BCUT2D eigenvalue weighted by Gasteiger charge is -2.02. The molecule has 0 spiro atoms. The number of unbranched alkanes of at least 4 members (excludes halogenated alkanes) is 1. The SMILES string of the molecule is CCCCNCC(=N)OC. The molecule has 0 aliphatic carbocycles. The Kier molecular flexibility index (Phi) is 6.18. The van der Waals surface area contributed by atoms with Crippen molar-refractivity contribution in [3.05, 3.63) is 0 Å². The molecule has 0 saturated heterocycles. The van der Waals surface area contributed by atoms with Crippen molar-refractivity contribution in [3.8, 4) is 0 Å². The molecule has 0 saturated carbocycles. The first kappa shape index (κ1) is 9.43. The topological polar surface area (TPSA) is 45.1 Å². The molecule has 0 aliphatic heterocycles. The molecule has 0 atom stereocenters. The fraction of sp³-hybridized carbons (Fsp3) is 0.857. The van der Waals surface area contributed by atoms with E-state index in [1.807, 2.05) is 0 Å². The summed E-state index contributed by atoms with van der Waals surface area (Å²) < 4.78 is 4.65. The molecule has 0 unspecified atom stereocenters.